The first-order valence-corrected chi connectivity index (χ1v) is 14.3. The molecule has 7 rings (SSSR count). The van der Waals surface area contributed by atoms with Gasteiger partial charge < -0.3 is 16.0 Å². The molecule has 0 radical (unpaired) electrons. The minimum atomic E-state index is -0.590. The van der Waals surface area contributed by atoms with E-state index in [0.717, 1.165) is 41.2 Å². The van der Waals surface area contributed by atoms with Gasteiger partial charge in [0, 0.05) is 42.3 Å². The van der Waals surface area contributed by atoms with E-state index in [4.69, 9.17) is 15.7 Å². The number of anilines is 5. The number of nitrogens with one attached hydrogen (secondary N) is 1. The molecule has 0 bridgehead atoms. The van der Waals surface area contributed by atoms with Crippen molar-refractivity contribution in [3.8, 4) is 22.6 Å². The number of hydrogen-bond donors (Lipinski definition) is 2. The van der Waals surface area contributed by atoms with Gasteiger partial charge in [0.25, 0.3) is 0 Å². The number of fused-ring (bicyclic) bond motifs is 1. The highest BCUT2D eigenvalue weighted by Crippen LogP contribution is 2.35. The molecule has 1 fully saturated rings. The number of hydrogen-bond acceptors (Lipinski definition) is 6. The van der Waals surface area contributed by atoms with E-state index in [9.17, 15) is 9.59 Å². The van der Waals surface area contributed by atoms with Crippen molar-refractivity contribution >= 4 is 46.3 Å². The number of rotatable bonds is 7. The molecule has 3 aromatic carbocycles. The summed E-state index contributed by atoms with van der Waals surface area (Å²) in [6.07, 6.45) is 5.07. The summed E-state index contributed by atoms with van der Waals surface area (Å²) in [5, 5.41) is 3.30. The Morgan fingerprint density at radius 2 is 1.68 bits per heavy atom. The van der Waals surface area contributed by atoms with E-state index in [-0.39, 0.29) is 5.91 Å². The van der Waals surface area contributed by atoms with Crippen molar-refractivity contribution in [3.05, 3.63) is 116 Å². The van der Waals surface area contributed by atoms with Gasteiger partial charge in [0.1, 0.15) is 5.65 Å². The smallest absolute Gasteiger partial charge is 0.323 e. The van der Waals surface area contributed by atoms with Crippen molar-refractivity contribution in [2.45, 2.75) is 12.8 Å². The standard InChI is InChI=1S/C34H28N8O2/c35-33(44)42(25-11-2-1-3-12-25)27-14-6-9-23(21-27)31-32(41-19-5-4-15-29(41)39-31)28-17-18-36-34(38-28)37-24-10-7-13-26(22-24)40-20-8-16-30(40)43/h1-7,9-15,17-19,21-22H,8,16,20H2,(H2,35,44)(H,36,37,38). The molecular weight excluding hydrogens is 552 g/mol. The van der Waals surface area contributed by atoms with Crippen LogP contribution < -0.4 is 20.9 Å². The molecule has 0 spiro atoms. The first-order valence-electron chi connectivity index (χ1n) is 14.3. The van der Waals surface area contributed by atoms with Gasteiger partial charge in [-0.15, -0.1) is 0 Å². The number of nitrogens with two attached hydrogens (primary N) is 1. The van der Waals surface area contributed by atoms with Crippen molar-refractivity contribution in [3.63, 3.8) is 0 Å². The Balaban J connectivity index is 1.28. The molecule has 3 aromatic heterocycles. The quantitative estimate of drug-likeness (QED) is 0.221. The maximum absolute atomic E-state index is 12.6. The number of amides is 3. The molecule has 0 atom stereocenters. The summed E-state index contributed by atoms with van der Waals surface area (Å²) >= 11 is 0. The third-order valence-corrected chi connectivity index (χ3v) is 7.53. The number of nitrogens with zero attached hydrogens (tertiary/aromatic N) is 6. The van der Waals surface area contributed by atoms with Gasteiger partial charge in [-0.3, -0.25) is 14.1 Å². The van der Waals surface area contributed by atoms with Crippen LogP contribution in [0.5, 0.6) is 0 Å². The van der Waals surface area contributed by atoms with Crippen LogP contribution in [-0.2, 0) is 4.79 Å². The van der Waals surface area contributed by atoms with Gasteiger partial charge in [0.2, 0.25) is 11.9 Å². The van der Waals surface area contributed by atoms with E-state index in [2.05, 4.69) is 10.3 Å². The Morgan fingerprint density at radius 3 is 2.50 bits per heavy atom. The lowest BCUT2D eigenvalue weighted by atomic mass is 10.1. The number of para-hydroxylation sites is 1. The average Bonchev–Trinajstić information content (AvgIpc) is 3.66. The molecule has 1 aliphatic heterocycles. The molecular formula is C34H28N8O2. The molecule has 10 heteroatoms. The summed E-state index contributed by atoms with van der Waals surface area (Å²) in [4.78, 5) is 42.4. The van der Waals surface area contributed by atoms with Crippen LogP contribution in [0.3, 0.4) is 0 Å². The second-order valence-corrected chi connectivity index (χ2v) is 10.4. The molecule has 3 amide bonds. The van der Waals surface area contributed by atoms with Gasteiger partial charge in [0.15, 0.2) is 0 Å². The molecule has 3 N–H and O–H groups in total. The van der Waals surface area contributed by atoms with Crippen molar-refractivity contribution in [1.82, 2.24) is 19.4 Å². The van der Waals surface area contributed by atoms with E-state index in [1.54, 1.807) is 11.1 Å². The molecule has 10 nitrogen and oxygen atoms in total. The lowest BCUT2D eigenvalue weighted by Gasteiger charge is -2.21. The van der Waals surface area contributed by atoms with Crippen molar-refractivity contribution in [2.24, 2.45) is 5.73 Å². The number of imidazole rings is 1. The van der Waals surface area contributed by atoms with E-state index in [1.807, 2.05) is 114 Å². The number of benzene rings is 3. The number of primary amides is 1. The lowest BCUT2D eigenvalue weighted by Crippen LogP contribution is -2.31. The molecule has 0 aliphatic carbocycles. The third-order valence-electron chi connectivity index (χ3n) is 7.53. The predicted octanol–water partition coefficient (Wildman–Crippen LogP) is 6.55. The highest BCUT2D eigenvalue weighted by atomic mass is 16.2. The van der Waals surface area contributed by atoms with Gasteiger partial charge in [-0.1, -0.05) is 42.5 Å². The highest BCUT2D eigenvalue weighted by molar-refractivity contribution is 5.99. The minimum absolute atomic E-state index is 0.132. The predicted molar refractivity (Wildman–Crippen MR) is 171 cm³/mol. The highest BCUT2D eigenvalue weighted by Gasteiger charge is 2.23. The zero-order chi connectivity index (χ0) is 30.0. The van der Waals surface area contributed by atoms with Crippen LogP contribution in [0.1, 0.15) is 12.8 Å². The topological polar surface area (TPSA) is 122 Å². The fourth-order valence-corrected chi connectivity index (χ4v) is 5.57. The molecule has 6 aromatic rings. The zero-order valence-electron chi connectivity index (χ0n) is 23.7. The van der Waals surface area contributed by atoms with Gasteiger partial charge in [0.05, 0.1) is 28.5 Å². The zero-order valence-corrected chi connectivity index (χ0v) is 23.7. The number of aromatic nitrogens is 4. The van der Waals surface area contributed by atoms with Gasteiger partial charge >= 0.3 is 6.03 Å². The van der Waals surface area contributed by atoms with E-state index in [0.29, 0.717) is 35.1 Å². The fourth-order valence-electron chi connectivity index (χ4n) is 5.57. The summed E-state index contributed by atoms with van der Waals surface area (Å²) in [6.45, 7) is 0.717. The normalized spacial score (nSPS) is 12.9. The van der Waals surface area contributed by atoms with Crippen LogP contribution in [0.2, 0.25) is 0 Å². The minimum Gasteiger partial charge on any atom is -0.351 e. The molecule has 4 heterocycles. The Kier molecular flexibility index (Phi) is 6.91. The largest absolute Gasteiger partial charge is 0.351 e. The van der Waals surface area contributed by atoms with Crippen LogP contribution in [0.4, 0.5) is 33.5 Å². The Labute approximate surface area is 253 Å². The maximum Gasteiger partial charge on any atom is 0.323 e. The first-order chi connectivity index (χ1) is 21.5. The molecule has 0 unspecified atom stereocenters. The maximum atomic E-state index is 12.6. The van der Waals surface area contributed by atoms with Crippen LogP contribution in [0.25, 0.3) is 28.3 Å². The molecule has 1 saturated heterocycles. The molecule has 44 heavy (non-hydrogen) atoms. The number of carbonyl (C=O) groups is 2. The van der Waals surface area contributed by atoms with Crippen molar-refractivity contribution < 1.29 is 9.59 Å². The fraction of sp³-hybridized carbons (Fsp3) is 0.0882. The summed E-state index contributed by atoms with van der Waals surface area (Å²) in [6, 6.07) is 31.6. The van der Waals surface area contributed by atoms with Gasteiger partial charge in [-0.05, 0) is 67.1 Å². The van der Waals surface area contributed by atoms with Crippen LogP contribution >= 0.6 is 0 Å². The third kappa shape index (κ3) is 5.09. The Bertz CT molecular complexity index is 2010. The summed E-state index contributed by atoms with van der Waals surface area (Å²) < 4.78 is 1.98. The number of urea groups is 1. The van der Waals surface area contributed by atoms with Crippen LogP contribution in [-0.4, -0.2) is 37.8 Å². The average molecular weight is 581 g/mol. The van der Waals surface area contributed by atoms with Crippen molar-refractivity contribution in [2.75, 3.05) is 21.7 Å². The Morgan fingerprint density at radius 1 is 0.864 bits per heavy atom. The lowest BCUT2D eigenvalue weighted by molar-refractivity contribution is -0.117. The van der Waals surface area contributed by atoms with Crippen LogP contribution in [0.15, 0.2) is 116 Å². The summed E-state index contributed by atoms with van der Waals surface area (Å²) in [5.41, 5.74) is 12.4. The van der Waals surface area contributed by atoms with Gasteiger partial charge in [-0.2, -0.15) is 0 Å². The summed E-state index contributed by atoms with van der Waals surface area (Å²) in [7, 11) is 0. The monoisotopic (exact) mass is 580 g/mol. The van der Waals surface area contributed by atoms with E-state index >= 15 is 0 Å². The van der Waals surface area contributed by atoms with E-state index < -0.39 is 6.03 Å². The second kappa shape index (κ2) is 11.3. The number of pyridine rings is 1. The number of carbonyl (C=O) groups excluding carboxylic acids is 2. The Hall–Kier alpha value is -6.03. The molecule has 0 saturated carbocycles. The van der Waals surface area contributed by atoms with Crippen molar-refractivity contribution in [1.29, 1.82) is 0 Å². The second-order valence-electron chi connectivity index (χ2n) is 10.4. The molecule has 1 aliphatic rings. The summed E-state index contributed by atoms with van der Waals surface area (Å²) in [5.74, 6) is 0.536. The van der Waals surface area contributed by atoms with Gasteiger partial charge in [-0.25, -0.2) is 19.7 Å². The first kappa shape index (κ1) is 26.8. The SMILES string of the molecule is NC(=O)N(c1ccccc1)c1cccc(-c2nc3ccccn3c2-c2ccnc(Nc3cccc(N4CCCC4=O)c3)n2)c1. The molecule has 216 valence electrons. The van der Waals surface area contributed by atoms with Crippen LogP contribution in [0, 0.1) is 0 Å². The van der Waals surface area contributed by atoms with E-state index in [1.165, 1.54) is 4.90 Å².